The Balaban J connectivity index is 2.30. The molecule has 1 atom stereocenters. The topological polar surface area (TPSA) is 79.5 Å². The molecule has 0 radical (unpaired) electrons. The van der Waals surface area contributed by atoms with E-state index in [0.717, 1.165) is 17.1 Å². The van der Waals surface area contributed by atoms with Gasteiger partial charge in [-0.15, -0.1) is 5.10 Å². The Morgan fingerprint density at radius 3 is 2.65 bits per heavy atom. The van der Waals surface area contributed by atoms with E-state index in [2.05, 4.69) is 10.4 Å². The fourth-order valence-electron chi connectivity index (χ4n) is 1.89. The van der Waals surface area contributed by atoms with Crippen molar-refractivity contribution in [2.24, 2.45) is 0 Å². The van der Waals surface area contributed by atoms with Crippen molar-refractivity contribution in [2.75, 3.05) is 25.6 Å². The lowest BCUT2D eigenvalue weighted by Crippen LogP contribution is -2.21. The average molecular weight is 277 g/mol. The maximum Gasteiger partial charge on any atom is 0.238 e. The SMILES string of the molecule is CNc1c(C)c(OC[C@@H](O)CO)nn1-c1ccccc1. The van der Waals surface area contributed by atoms with Crippen LogP contribution in [-0.4, -0.2) is 46.4 Å². The Kier molecular flexibility index (Phi) is 4.60. The van der Waals surface area contributed by atoms with Crippen LogP contribution in [0.5, 0.6) is 5.88 Å². The molecule has 0 fully saturated rings. The van der Waals surface area contributed by atoms with E-state index in [9.17, 15) is 5.11 Å². The predicted octanol–water partition coefficient (Wildman–Crippen LogP) is 0.954. The summed E-state index contributed by atoms with van der Waals surface area (Å²) in [7, 11) is 1.82. The van der Waals surface area contributed by atoms with Crippen molar-refractivity contribution in [3.63, 3.8) is 0 Å². The van der Waals surface area contributed by atoms with Crippen molar-refractivity contribution in [3.8, 4) is 11.6 Å². The van der Waals surface area contributed by atoms with Gasteiger partial charge in [0, 0.05) is 7.05 Å². The third-order valence-corrected chi connectivity index (χ3v) is 2.94. The van der Waals surface area contributed by atoms with Crippen molar-refractivity contribution >= 4 is 5.82 Å². The number of aliphatic hydroxyl groups is 2. The summed E-state index contributed by atoms with van der Waals surface area (Å²) >= 11 is 0. The highest BCUT2D eigenvalue weighted by Crippen LogP contribution is 2.27. The molecule has 1 heterocycles. The number of nitrogens with one attached hydrogen (secondary N) is 1. The summed E-state index contributed by atoms with van der Waals surface area (Å²) in [6, 6.07) is 9.69. The lowest BCUT2D eigenvalue weighted by Gasteiger charge is -2.07. The van der Waals surface area contributed by atoms with Gasteiger partial charge < -0.3 is 20.3 Å². The zero-order valence-electron chi connectivity index (χ0n) is 11.6. The molecule has 0 amide bonds. The second kappa shape index (κ2) is 6.40. The standard InChI is InChI=1S/C14H19N3O3/c1-10-13(15-2)17(11-6-4-3-5-7-11)16-14(10)20-9-12(19)8-18/h3-7,12,15,18-19H,8-9H2,1-2H3/t12-/m0/s1. The Morgan fingerprint density at radius 2 is 2.05 bits per heavy atom. The lowest BCUT2D eigenvalue weighted by atomic mass is 10.3. The number of aromatic nitrogens is 2. The summed E-state index contributed by atoms with van der Waals surface area (Å²) in [5, 5.41) is 25.6. The number of hydrogen-bond donors (Lipinski definition) is 3. The van der Waals surface area contributed by atoms with Crippen LogP contribution in [0.25, 0.3) is 5.69 Å². The minimum Gasteiger partial charge on any atom is -0.474 e. The summed E-state index contributed by atoms with van der Waals surface area (Å²) < 4.78 is 7.20. The minimum absolute atomic E-state index is 0.00625. The molecule has 108 valence electrons. The van der Waals surface area contributed by atoms with Crippen LogP contribution in [0.3, 0.4) is 0 Å². The molecule has 6 heteroatoms. The largest absolute Gasteiger partial charge is 0.474 e. The first-order chi connectivity index (χ1) is 9.67. The second-order valence-corrected chi connectivity index (χ2v) is 4.42. The lowest BCUT2D eigenvalue weighted by molar-refractivity contribution is 0.0518. The molecular formula is C14H19N3O3. The minimum atomic E-state index is -0.908. The molecule has 0 saturated heterocycles. The Labute approximate surface area is 117 Å². The van der Waals surface area contributed by atoms with Crippen LogP contribution in [0, 0.1) is 6.92 Å². The van der Waals surface area contributed by atoms with Gasteiger partial charge in [0.1, 0.15) is 18.5 Å². The fraction of sp³-hybridized carbons (Fsp3) is 0.357. The number of nitrogens with zero attached hydrogens (tertiary/aromatic N) is 2. The van der Waals surface area contributed by atoms with E-state index in [4.69, 9.17) is 9.84 Å². The number of aliphatic hydroxyl groups excluding tert-OH is 2. The van der Waals surface area contributed by atoms with Crippen LogP contribution >= 0.6 is 0 Å². The molecule has 6 nitrogen and oxygen atoms in total. The van der Waals surface area contributed by atoms with Crippen molar-refractivity contribution in [3.05, 3.63) is 35.9 Å². The number of ether oxygens (including phenoxy) is 1. The molecule has 0 saturated carbocycles. The average Bonchev–Trinajstić information content (AvgIpc) is 2.81. The van der Waals surface area contributed by atoms with Crippen LogP contribution in [0.1, 0.15) is 5.56 Å². The van der Waals surface area contributed by atoms with Crippen LogP contribution in [-0.2, 0) is 0 Å². The molecule has 1 aromatic carbocycles. The van der Waals surface area contributed by atoms with Gasteiger partial charge in [-0.3, -0.25) is 0 Å². The molecular weight excluding hydrogens is 258 g/mol. The predicted molar refractivity (Wildman–Crippen MR) is 76.4 cm³/mol. The quantitative estimate of drug-likeness (QED) is 0.733. The van der Waals surface area contributed by atoms with Crippen molar-refractivity contribution in [1.29, 1.82) is 0 Å². The van der Waals surface area contributed by atoms with E-state index in [0.29, 0.717) is 5.88 Å². The molecule has 0 aliphatic heterocycles. The van der Waals surface area contributed by atoms with Gasteiger partial charge in [-0.2, -0.15) is 0 Å². The number of hydrogen-bond acceptors (Lipinski definition) is 5. The Hall–Kier alpha value is -2.05. The molecule has 20 heavy (non-hydrogen) atoms. The highest BCUT2D eigenvalue weighted by molar-refractivity contribution is 5.54. The van der Waals surface area contributed by atoms with Gasteiger partial charge in [0.15, 0.2) is 0 Å². The monoisotopic (exact) mass is 277 g/mol. The van der Waals surface area contributed by atoms with Crippen LogP contribution in [0.4, 0.5) is 5.82 Å². The summed E-state index contributed by atoms with van der Waals surface area (Å²) in [6.07, 6.45) is -0.908. The van der Waals surface area contributed by atoms with E-state index < -0.39 is 6.10 Å². The maximum atomic E-state index is 9.34. The molecule has 0 aliphatic rings. The first kappa shape index (κ1) is 14.4. The summed E-state index contributed by atoms with van der Waals surface area (Å²) in [4.78, 5) is 0. The van der Waals surface area contributed by atoms with Gasteiger partial charge in [-0.1, -0.05) is 18.2 Å². The summed E-state index contributed by atoms with van der Waals surface area (Å²) in [5.74, 6) is 1.26. The van der Waals surface area contributed by atoms with Crippen LogP contribution in [0.2, 0.25) is 0 Å². The number of benzene rings is 1. The van der Waals surface area contributed by atoms with Crippen molar-refractivity contribution < 1.29 is 14.9 Å². The highest BCUT2D eigenvalue weighted by Gasteiger charge is 2.16. The van der Waals surface area contributed by atoms with E-state index >= 15 is 0 Å². The van der Waals surface area contributed by atoms with E-state index in [-0.39, 0.29) is 13.2 Å². The van der Waals surface area contributed by atoms with Crippen LogP contribution in [0.15, 0.2) is 30.3 Å². The van der Waals surface area contributed by atoms with Gasteiger partial charge in [0.2, 0.25) is 5.88 Å². The van der Waals surface area contributed by atoms with E-state index in [1.54, 1.807) is 4.68 Å². The van der Waals surface area contributed by atoms with Crippen LogP contribution < -0.4 is 10.1 Å². The number of rotatable bonds is 6. The third-order valence-electron chi connectivity index (χ3n) is 2.94. The summed E-state index contributed by atoms with van der Waals surface area (Å²) in [6.45, 7) is 1.56. The molecule has 0 unspecified atom stereocenters. The van der Waals surface area contributed by atoms with Gasteiger partial charge in [-0.05, 0) is 19.1 Å². The fourth-order valence-corrected chi connectivity index (χ4v) is 1.89. The third kappa shape index (κ3) is 2.92. The summed E-state index contributed by atoms with van der Waals surface area (Å²) in [5.41, 5.74) is 1.76. The molecule has 1 aromatic heterocycles. The smallest absolute Gasteiger partial charge is 0.238 e. The first-order valence-corrected chi connectivity index (χ1v) is 6.42. The molecule has 0 aliphatic carbocycles. The van der Waals surface area contributed by atoms with Crippen molar-refractivity contribution in [1.82, 2.24) is 9.78 Å². The van der Waals surface area contributed by atoms with Gasteiger partial charge in [0.05, 0.1) is 17.9 Å². The molecule has 2 aromatic rings. The number of anilines is 1. The van der Waals surface area contributed by atoms with Gasteiger partial charge >= 0.3 is 0 Å². The Bertz CT molecular complexity index is 554. The van der Waals surface area contributed by atoms with Gasteiger partial charge in [0.25, 0.3) is 0 Å². The second-order valence-electron chi connectivity index (χ2n) is 4.42. The van der Waals surface area contributed by atoms with Gasteiger partial charge in [-0.25, -0.2) is 4.68 Å². The van der Waals surface area contributed by atoms with Crippen molar-refractivity contribution in [2.45, 2.75) is 13.0 Å². The molecule has 0 spiro atoms. The zero-order valence-corrected chi connectivity index (χ0v) is 11.6. The zero-order chi connectivity index (χ0) is 14.5. The van der Waals surface area contributed by atoms with E-state index in [1.807, 2.05) is 44.3 Å². The molecule has 3 N–H and O–H groups in total. The normalized spacial score (nSPS) is 12.2. The molecule has 2 rings (SSSR count). The molecule has 0 bridgehead atoms. The number of para-hydroxylation sites is 1. The highest BCUT2D eigenvalue weighted by atomic mass is 16.5. The maximum absolute atomic E-state index is 9.34. The van der Waals surface area contributed by atoms with E-state index in [1.165, 1.54) is 0 Å². The first-order valence-electron chi connectivity index (χ1n) is 6.42. The Morgan fingerprint density at radius 1 is 1.35 bits per heavy atom.